The number of nitro groups is 1. The minimum Gasteiger partial charge on any atom is -0.490 e. The first-order chi connectivity index (χ1) is 9.26. The lowest BCUT2D eigenvalue weighted by Crippen LogP contribution is -2.48. The lowest BCUT2D eigenvalue weighted by molar-refractivity contribution is -0.384. The minimum atomic E-state index is -1.17. The zero-order valence-corrected chi connectivity index (χ0v) is 11.7. The highest BCUT2D eigenvalue weighted by atomic mass is 16.6. The molecule has 110 valence electrons. The van der Waals surface area contributed by atoms with Crippen LogP contribution in [0.5, 0.6) is 5.75 Å². The maximum atomic E-state index is 11.5. The number of carbonyl (C=O) groups excluding carboxylic acids is 1. The molecule has 7 nitrogen and oxygen atoms in total. The summed E-state index contributed by atoms with van der Waals surface area (Å²) in [6.45, 7) is 3.28. The maximum absolute atomic E-state index is 11.5. The summed E-state index contributed by atoms with van der Waals surface area (Å²) in [5.74, 6) is -0.181. The van der Waals surface area contributed by atoms with Crippen molar-refractivity contribution in [3.63, 3.8) is 0 Å². The molecule has 0 amide bonds. The van der Waals surface area contributed by atoms with Gasteiger partial charge in [0.15, 0.2) is 0 Å². The number of carbonyl (C=O) groups is 1. The van der Waals surface area contributed by atoms with Gasteiger partial charge in [-0.1, -0.05) is 6.07 Å². The van der Waals surface area contributed by atoms with Crippen LogP contribution >= 0.6 is 0 Å². The Labute approximate surface area is 116 Å². The van der Waals surface area contributed by atoms with Crippen LogP contribution in [0.3, 0.4) is 0 Å². The van der Waals surface area contributed by atoms with Crippen molar-refractivity contribution in [3.8, 4) is 5.75 Å². The number of methoxy groups -OCH3 is 1. The van der Waals surface area contributed by atoms with E-state index >= 15 is 0 Å². The topological polar surface area (TPSA) is 105 Å². The maximum Gasteiger partial charge on any atom is 0.325 e. The Bertz CT molecular complexity index is 501. The average molecular weight is 282 g/mol. The summed E-state index contributed by atoms with van der Waals surface area (Å²) in [6, 6.07) is 5.83. The Morgan fingerprint density at radius 2 is 2.20 bits per heavy atom. The quantitative estimate of drug-likeness (QED) is 0.483. The summed E-state index contributed by atoms with van der Waals surface area (Å²) in [6.07, 6.45) is -0.173. The van der Waals surface area contributed by atoms with Gasteiger partial charge in [0.05, 0.1) is 24.2 Å². The van der Waals surface area contributed by atoms with E-state index in [0.717, 1.165) is 0 Å². The first kappa shape index (κ1) is 15.9. The van der Waals surface area contributed by atoms with Crippen LogP contribution in [0.1, 0.15) is 20.3 Å². The van der Waals surface area contributed by atoms with Gasteiger partial charge in [0, 0.05) is 12.5 Å². The highest BCUT2D eigenvalue weighted by molar-refractivity contribution is 5.79. The van der Waals surface area contributed by atoms with Crippen LogP contribution in [0.15, 0.2) is 24.3 Å². The van der Waals surface area contributed by atoms with Crippen LogP contribution in [-0.4, -0.2) is 29.6 Å². The fourth-order valence-corrected chi connectivity index (χ4v) is 1.86. The second-order valence-electron chi connectivity index (χ2n) is 4.80. The van der Waals surface area contributed by atoms with Crippen LogP contribution in [0.2, 0.25) is 0 Å². The highest BCUT2D eigenvalue weighted by Crippen LogP contribution is 2.22. The molecule has 0 bridgehead atoms. The monoisotopic (exact) mass is 282 g/mol. The van der Waals surface area contributed by atoms with E-state index in [-0.39, 0.29) is 12.1 Å². The molecular formula is C13H18N2O5. The van der Waals surface area contributed by atoms with Crippen molar-refractivity contribution >= 4 is 11.7 Å². The molecule has 7 heteroatoms. The van der Waals surface area contributed by atoms with Gasteiger partial charge >= 0.3 is 5.97 Å². The second-order valence-corrected chi connectivity index (χ2v) is 4.80. The van der Waals surface area contributed by atoms with Crippen LogP contribution in [0.25, 0.3) is 0 Å². The number of esters is 1. The number of hydrogen-bond acceptors (Lipinski definition) is 6. The number of ether oxygens (including phenoxy) is 2. The van der Waals surface area contributed by atoms with Gasteiger partial charge in [-0.15, -0.1) is 0 Å². The standard InChI is InChI=1S/C13H18N2O5/c1-9(8-13(2,14)12(16)19-3)20-11-6-4-5-10(7-11)15(17)18/h4-7,9H,8,14H2,1-3H3. The Kier molecular flexibility index (Phi) is 5.04. The third-order valence-electron chi connectivity index (χ3n) is 2.73. The number of nitro benzene ring substituents is 1. The van der Waals surface area contributed by atoms with E-state index in [0.29, 0.717) is 5.75 Å². The molecule has 0 aliphatic heterocycles. The average Bonchev–Trinajstić information content (AvgIpc) is 2.37. The first-order valence-corrected chi connectivity index (χ1v) is 6.04. The lowest BCUT2D eigenvalue weighted by atomic mass is 9.96. The fraction of sp³-hybridized carbons (Fsp3) is 0.462. The summed E-state index contributed by atoms with van der Waals surface area (Å²) < 4.78 is 10.2. The van der Waals surface area contributed by atoms with E-state index in [2.05, 4.69) is 4.74 Å². The Morgan fingerprint density at radius 1 is 1.55 bits per heavy atom. The Hall–Kier alpha value is -2.15. The molecule has 0 spiro atoms. The van der Waals surface area contributed by atoms with E-state index in [1.165, 1.54) is 25.3 Å². The third-order valence-corrected chi connectivity index (χ3v) is 2.73. The largest absolute Gasteiger partial charge is 0.490 e. The van der Waals surface area contributed by atoms with Crippen molar-refractivity contribution in [2.75, 3.05) is 7.11 Å². The lowest BCUT2D eigenvalue weighted by Gasteiger charge is -2.25. The molecule has 0 radical (unpaired) electrons. The highest BCUT2D eigenvalue weighted by Gasteiger charge is 2.32. The zero-order valence-electron chi connectivity index (χ0n) is 11.7. The summed E-state index contributed by atoms with van der Waals surface area (Å²) in [5.41, 5.74) is 4.61. The molecule has 0 aromatic heterocycles. The summed E-state index contributed by atoms with van der Waals surface area (Å²) in [4.78, 5) is 21.6. The molecule has 1 aromatic rings. The zero-order chi connectivity index (χ0) is 15.3. The second kappa shape index (κ2) is 6.33. The minimum absolute atomic E-state index is 0.0572. The van der Waals surface area contributed by atoms with E-state index in [4.69, 9.17) is 10.5 Å². The van der Waals surface area contributed by atoms with Crippen molar-refractivity contribution in [2.45, 2.75) is 31.9 Å². The van der Waals surface area contributed by atoms with Crippen molar-refractivity contribution in [3.05, 3.63) is 34.4 Å². The molecule has 20 heavy (non-hydrogen) atoms. The van der Waals surface area contributed by atoms with Crippen LogP contribution < -0.4 is 10.5 Å². The number of nitrogens with two attached hydrogens (primary N) is 1. The van der Waals surface area contributed by atoms with Gasteiger partial charge in [0.25, 0.3) is 5.69 Å². The molecule has 1 rings (SSSR count). The number of rotatable bonds is 6. The van der Waals surface area contributed by atoms with E-state index in [9.17, 15) is 14.9 Å². The molecule has 0 aliphatic rings. The third kappa shape index (κ3) is 4.20. The smallest absolute Gasteiger partial charge is 0.325 e. The van der Waals surface area contributed by atoms with Crippen molar-refractivity contribution in [1.29, 1.82) is 0 Å². The Balaban J connectivity index is 2.71. The number of benzene rings is 1. The molecule has 0 fully saturated rings. The van der Waals surface area contributed by atoms with Crippen LogP contribution in [0.4, 0.5) is 5.69 Å². The van der Waals surface area contributed by atoms with Crippen molar-refractivity contribution in [2.24, 2.45) is 5.73 Å². The Morgan fingerprint density at radius 3 is 2.75 bits per heavy atom. The molecule has 0 heterocycles. The number of nitrogens with zero attached hydrogens (tertiary/aromatic N) is 1. The van der Waals surface area contributed by atoms with Gasteiger partial charge in [-0.05, 0) is 19.9 Å². The van der Waals surface area contributed by atoms with Crippen LogP contribution in [-0.2, 0) is 9.53 Å². The van der Waals surface area contributed by atoms with Crippen molar-refractivity contribution < 1.29 is 19.2 Å². The van der Waals surface area contributed by atoms with E-state index < -0.39 is 22.5 Å². The van der Waals surface area contributed by atoms with E-state index in [1.54, 1.807) is 19.9 Å². The van der Waals surface area contributed by atoms with Gasteiger partial charge in [-0.2, -0.15) is 0 Å². The number of non-ortho nitro benzene ring substituents is 1. The molecular weight excluding hydrogens is 264 g/mol. The predicted molar refractivity (Wildman–Crippen MR) is 72.4 cm³/mol. The van der Waals surface area contributed by atoms with Gasteiger partial charge in [0.1, 0.15) is 11.3 Å². The normalized spacial score (nSPS) is 15.0. The molecule has 2 N–H and O–H groups in total. The number of hydrogen-bond donors (Lipinski definition) is 1. The molecule has 0 saturated heterocycles. The summed E-state index contributed by atoms with van der Waals surface area (Å²) in [7, 11) is 1.26. The van der Waals surface area contributed by atoms with Gasteiger partial charge in [-0.3, -0.25) is 14.9 Å². The van der Waals surface area contributed by atoms with Gasteiger partial charge < -0.3 is 15.2 Å². The molecule has 2 atom stereocenters. The summed E-state index contributed by atoms with van der Waals surface area (Å²) >= 11 is 0. The predicted octanol–water partition coefficient (Wildman–Crippen LogP) is 1.64. The molecule has 2 unspecified atom stereocenters. The molecule has 0 aliphatic carbocycles. The van der Waals surface area contributed by atoms with E-state index in [1.807, 2.05) is 0 Å². The van der Waals surface area contributed by atoms with Crippen LogP contribution in [0, 0.1) is 10.1 Å². The summed E-state index contributed by atoms with van der Waals surface area (Å²) in [5, 5.41) is 10.7. The van der Waals surface area contributed by atoms with Gasteiger partial charge in [-0.25, -0.2) is 0 Å². The van der Waals surface area contributed by atoms with Crippen molar-refractivity contribution in [1.82, 2.24) is 0 Å². The molecule has 0 saturated carbocycles. The molecule has 1 aromatic carbocycles. The SMILES string of the molecule is COC(=O)C(C)(N)CC(C)Oc1cccc([N+](=O)[O-])c1. The van der Waals surface area contributed by atoms with Gasteiger partial charge in [0.2, 0.25) is 0 Å². The first-order valence-electron chi connectivity index (χ1n) is 6.04. The fourth-order valence-electron chi connectivity index (χ4n) is 1.86.